The van der Waals surface area contributed by atoms with E-state index in [0.29, 0.717) is 12.1 Å². The third-order valence-corrected chi connectivity index (χ3v) is 5.59. The van der Waals surface area contributed by atoms with Crippen molar-refractivity contribution in [2.75, 3.05) is 29.9 Å². The highest BCUT2D eigenvalue weighted by atomic mass is 35.5. The predicted octanol–water partition coefficient (Wildman–Crippen LogP) is 4.10. The maximum absolute atomic E-state index is 12.5. The predicted molar refractivity (Wildman–Crippen MR) is 121 cm³/mol. The third-order valence-electron chi connectivity index (χ3n) is 4.64. The smallest absolute Gasteiger partial charge is 0.255 e. The molecule has 0 atom stereocenters. The Labute approximate surface area is 178 Å². The zero-order valence-corrected chi connectivity index (χ0v) is 17.9. The number of benzene rings is 2. The summed E-state index contributed by atoms with van der Waals surface area (Å²) in [4.78, 5) is 15.0. The van der Waals surface area contributed by atoms with Crippen molar-refractivity contribution in [2.45, 2.75) is 20.0 Å². The molecule has 1 aliphatic rings. The molecule has 1 saturated heterocycles. The SMILES string of the molecule is Cc1c(CN2CCSCC2)cccc1NC(=O)c1ccc(CN)cc1.Cl.Cl. The number of anilines is 1. The Morgan fingerprint density at radius 1 is 1.11 bits per heavy atom. The molecule has 3 N–H and O–H groups in total. The number of halogens is 2. The summed E-state index contributed by atoms with van der Waals surface area (Å²) >= 11 is 2.02. The molecule has 2 aromatic rings. The number of nitrogens with zero attached hydrogens (tertiary/aromatic N) is 1. The molecule has 7 heteroatoms. The Morgan fingerprint density at radius 3 is 2.41 bits per heavy atom. The van der Waals surface area contributed by atoms with Crippen LogP contribution in [0.5, 0.6) is 0 Å². The molecule has 0 radical (unpaired) electrons. The topological polar surface area (TPSA) is 58.4 Å². The fraction of sp³-hybridized carbons (Fsp3) is 0.350. The van der Waals surface area contributed by atoms with E-state index >= 15 is 0 Å². The second-order valence-electron chi connectivity index (χ2n) is 6.33. The maximum atomic E-state index is 12.5. The van der Waals surface area contributed by atoms with Crippen molar-refractivity contribution in [1.29, 1.82) is 0 Å². The van der Waals surface area contributed by atoms with E-state index in [2.05, 4.69) is 23.2 Å². The third kappa shape index (κ3) is 6.40. The van der Waals surface area contributed by atoms with Crippen LogP contribution in [0.2, 0.25) is 0 Å². The summed E-state index contributed by atoms with van der Waals surface area (Å²) in [7, 11) is 0. The Bertz CT molecular complexity index is 735. The van der Waals surface area contributed by atoms with Gasteiger partial charge in [-0.15, -0.1) is 24.8 Å². The van der Waals surface area contributed by atoms with Crippen molar-refractivity contribution in [3.8, 4) is 0 Å². The Kier molecular flexibility index (Phi) is 10.2. The van der Waals surface area contributed by atoms with Gasteiger partial charge in [0.25, 0.3) is 5.91 Å². The van der Waals surface area contributed by atoms with Gasteiger partial charge in [-0.3, -0.25) is 9.69 Å². The molecule has 2 aromatic carbocycles. The van der Waals surface area contributed by atoms with Crippen molar-refractivity contribution < 1.29 is 4.79 Å². The van der Waals surface area contributed by atoms with E-state index in [0.717, 1.165) is 36.4 Å². The number of nitrogens with one attached hydrogen (secondary N) is 1. The van der Waals surface area contributed by atoms with E-state index in [1.807, 2.05) is 48.2 Å². The van der Waals surface area contributed by atoms with Crippen LogP contribution in [0.25, 0.3) is 0 Å². The molecule has 1 heterocycles. The van der Waals surface area contributed by atoms with E-state index in [-0.39, 0.29) is 30.7 Å². The van der Waals surface area contributed by atoms with Crippen LogP contribution in [0.1, 0.15) is 27.0 Å². The Hall–Kier alpha value is -1.24. The van der Waals surface area contributed by atoms with Gasteiger partial charge in [0, 0.05) is 48.9 Å². The number of rotatable bonds is 5. The first-order chi connectivity index (χ1) is 12.2. The highest BCUT2D eigenvalue weighted by molar-refractivity contribution is 7.99. The minimum atomic E-state index is -0.0850. The first kappa shape index (κ1) is 23.8. The summed E-state index contributed by atoms with van der Waals surface area (Å²) in [5, 5.41) is 3.05. The van der Waals surface area contributed by atoms with Gasteiger partial charge in [0.15, 0.2) is 0 Å². The lowest BCUT2D eigenvalue weighted by atomic mass is 10.1. The van der Waals surface area contributed by atoms with Crippen LogP contribution in [-0.2, 0) is 13.1 Å². The number of hydrogen-bond donors (Lipinski definition) is 2. The number of hydrogen-bond acceptors (Lipinski definition) is 4. The summed E-state index contributed by atoms with van der Waals surface area (Å²) in [5.41, 5.74) is 10.6. The molecular weight excluding hydrogens is 401 g/mol. The number of amides is 1. The normalized spacial score (nSPS) is 14.0. The van der Waals surface area contributed by atoms with Crippen molar-refractivity contribution in [3.63, 3.8) is 0 Å². The summed E-state index contributed by atoms with van der Waals surface area (Å²) in [6.45, 7) is 5.78. The summed E-state index contributed by atoms with van der Waals surface area (Å²) in [6, 6.07) is 13.6. The monoisotopic (exact) mass is 427 g/mol. The second-order valence-corrected chi connectivity index (χ2v) is 7.56. The molecule has 3 rings (SSSR count). The molecule has 0 spiro atoms. The number of carbonyl (C=O) groups excluding carboxylic acids is 1. The van der Waals surface area contributed by atoms with Crippen LogP contribution in [0.3, 0.4) is 0 Å². The van der Waals surface area contributed by atoms with Crippen molar-refractivity contribution in [1.82, 2.24) is 4.90 Å². The number of carbonyl (C=O) groups is 1. The van der Waals surface area contributed by atoms with Crippen LogP contribution in [-0.4, -0.2) is 35.4 Å². The summed E-state index contributed by atoms with van der Waals surface area (Å²) in [6.07, 6.45) is 0. The molecule has 0 unspecified atom stereocenters. The first-order valence-electron chi connectivity index (χ1n) is 8.66. The van der Waals surface area contributed by atoms with Gasteiger partial charge in [0.1, 0.15) is 0 Å². The van der Waals surface area contributed by atoms with E-state index in [1.165, 1.54) is 17.1 Å². The van der Waals surface area contributed by atoms with Gasteiger partial charge in [-0.25, -0.2) is 0 Å². The highest BCUT2D eigenvalue weighted by Gasteiger charge is 2.14. The quantitative estimate of drug-likeness (QED) is 0.753. The lowest BCUT2D eigenvalue weighted by Gasteiger charge is -2.27. The minimum Gasteiger partial charge on any atom is -0.326 e. The fourth-order valence-electron chi connectivity index (χ4n) is 2.98. The second kappa shape index (κ2) is 11.6. The standard InChI is InChI=1S/C20H25N3OS.2ClH/c1-15-18(14-23-9-11-25-12-10-23)3-2-4-19(15)22-20(24)17-7-5-16(13-21)6-8-17;;/h2-8H,9-14,21H2,1H3,(H,22,24);2*1H. The fourth-order valence-corrected chi connectivity index (χ4v) is 3.96. The van der Waals surface area contributed by atoms with Gasteiger partial charge < -0.3 is 11.1 Å². The average molecular weight is 428 g/mol. The molecule has 0 saturated carbocycles. The van der Waals surface area contributed by atoms with E-state index in [4.69, 9.17) is 5.73 Å². The molecule has 1 aliphatic heterocycles. The molecule has 27 heavy (non-hydrogen) atoms. The van der Waals surface area contributed by atoms with Gasteiger partial charge in [-0.2, -0.15) is 11.8 Å². The molecule has 0 aromatic heterocycles. The molecular formula is C20H27Cl2N3OS. The Morgan fingerprint density at radius 2 is 1.78 bits per heavy atom. The number of nitrogens with two attached hydrogens (primary N) is 1. The molecule has 0 aliphatic carbocycles. The van der Waals surface area contributed by atoms with E-state index < -0.39 is 0 Å². The number of thioether (sulfide) groups is 1. The van der Waals surface area contributed by atoms with Gasteiger partial charge >= 0.3 is 0 Å². The van der Waals surface area contributed by atoms with Gasteiger partial charge in [-0.1, -0.05) is 24.3 Å². The van der Waals surface area contributed by atoms with Crippen LogP contribution in [0.4, 0.5) is 5.69 Å². The Balaban J connectivity index is 0.00000182. The average Bonchev–Trinajstić information content (AvgIpc) is 2.66. The van der Waals surface area contributed by atoms with Crippen LogP contribution >= 0.6 is 36.6 Å². The molecule has 1 fully saturated rings. The minimum absolute atomic E-state index is 0. The van der Waals surface area contributed by atoms with Gasteiger partial charge in [0.2, 0.25) is 0 Å². The molecule has 4 nitrogen and oxygen atoms in total. The first-order valence-corrected chi connectivity index (χ1v) is 9.82. The van der Waals surface area contributed by atoms with E-state index in [1.54, 1.807) is 0 Å². The van der Waals surface area contributed by atoms with Crippen LogP contribution in [0, 0.1) is 6.92 Å². The summed E-state index contributed by atoms with van der Waals surface area (Å²) in [5.74, 6) is 2.32. The van der Waals surface area contributed by atoms with Gasteiger partial charge in [-0.05, 0) is 41.8 Å². The molecule has 0 bridgehead atoms. The van der Waals surface area contributed by atoms with Gasteiger partial charge in [0.05, 0.1) is 0 Å². The van der Waals surface area contributed by atoms with Crippen LogP contribution in [0.15, 0.2) is 42.5 Å². The lowest BCUT2D eigenvalue weighted by molar-refractivity contribution is 0.102. The van der Waals surface area contributed by atoms with Crippen molar-refractivity contribution in [3.05, 3.63) is 64.7 Å². The van der Waals surface area contributed by atoms with Crippen molar-refractivity contribution >= 4 is 48.2 Å². The van der Waals surface area contributed by atoms with Crippen LogP contribution < -0.4 is 11.1 Å². The van der Waals surface area contributed by atoms with Crippen molar-refractivity contribution in [2.24, 2.45) is 5.73 Å². The maximum Gasteiger partial charge on any atom is 0.255 e. The lowest BCUT2D eigenvalue weighted by Crippen LogP contribution is -2.32. The zero-order chi connectivity index (χ0) is 17.6. The summed E-state index contributed by atoms with van der Waals surface area (Å²) < 4.78 is 0. The largest absolute Gasteiger partial charge is 0.326 e. The molecule has 148 valence electrons. The van der Waals surface area contributed by atoms with E-state index in [9.17, 15) is 4.79 Å². The molecule has 1 amide bonds. The highest BCUT2D eigenvalue weighted by Crippen LogP contribution is 2.22. The zero-order valence-electron chi connectivity index (χ0n) is 15.4.